The second-order valence-corrected chi connectivity index (χ2v) is 3.32. The van der Waals surface area contributed by atoms with Gasteiger partial charge in [0.1, 0.15) is 6.04 Å². The Kier molecular flexibility index (Phi) is 6.88. The lowest BCUT2D eigenvalue weighted by atomic mass is 10.2. The van der Waals surface area contributed by atoms with Crippen LogP contribution in [0.15, 0.2) is 0 Å². The van der Waals surface area contributed by atoms with E-state index in [0.29, 0.717) is 0 Å². The van der Waals surface area contributed by atoms with Crippen LogP contribution in [-0.2, 0) is 23.9 Å². The number of hydrogen-bond donors (Lipinski definition) is 1. The predicted octanol–water partition coefficient (Wildman–Crippen LogP) is -0.502. The standard InChI is InChI=1S/C10H17NO6/c1-4-7(10(14)15)11(5-8(12)16-2)6-9(13)17-3/h7H,4-6H2,1-3H3,(H,14,15). The molecule has 0 aromatic carbocycles. The van der Waals surface area contributed by atoms with E-state index in [1.807, 2.05) is 0 Å². The van der Waals surface area contributed by atoms with Crippen LogP contribution in [0.3, 0.4) is 0 Å². The Morgan fingerprint density at radius 1 is 1.12 bits per heavy atom. The van der Waals surface area contributed by atoms with E-state index >= 15 is 0 Å². The molecule has 0 amide bonds. The zero-order valence-electron chi connectivity index (χ0n) is 10.1. The molecule has 1 N–H and O–H groups in total. The van der Waals surface area contributed by atoms with Crippen molar-refractivity contribution in [2.24, 2.45) is 0 Å². The van der Waals surface area contributed by atoms with Crippen molar-refractivity contribution < 1.29 is 29.0 Å². The summed E-state index contributed by atoms with van der Waals surface area (Å²) in [7, 11) is 2.39. The van der Waals surface area contributed by atoms with Crippen molar-refractivity contribution in [3.05, 3.63) is 0 Å². The summed E-state index contributed by atoms with van der Waals surface area (Å²) >= 11 is 0. The first kappa shape index (κ1) is 15.4. The molecule has 0 aliphatic heterocycles. The first-order valence-corrected chi connectivity index (χ1v) is 5.06. The fourth-order valence-electron chi connectivity index (χ4n) is 1.33. The zero-order valence-corrected chi connectivity index (χ0v) is 10.1. The van der Waals surface area contributed by atoms with Crippen LogP contribution in [0.5, 0.6) is 0 Å². The molecule has 7 heteroatoms. The quantitative estimate of drug-likeness (QED) is 0.606. The summed E-state index contributed by atoms with van der Waals surface area (Å²) in [5, 5.41) is 8.97. The fourth-order valence-corrected chi connectivity index (χ4v) is 1.33. The lowest BCUT2D eigenvalue weighted by Crippen LogP contribution is -2.46. The summed E-state index contributed by atoms with van der Waals surface area (Å²) in [6, 6.07) is -0.923. The van der Waals surface area contributed by atoms with Gasteiger partial charge in [0, 0.05) is 0 Å². The van der Waals surface area contributed by atoms with E-state index < -0.39 is 23.9 Å². The number of carboxylic acid groups (broad SMARTS) is 1. The maximum atomic E-state index is 11.1. The number of carboxylic acids is 1. The average molecular weight is 247 g/mol. The second-order valence-electron chi connectivity index (χ2n) is 3.32. The van der Waals surface area contributed by atoms with Crippen molar-refractivity contribution in [1.82, 2.24) is 4.90 Å². The molecule has 7 nitrogen and oxygen atoms in total. The number of rotatable bonds is 7. The Morgan fingerprint density at radius 2 is 1.53 bits per heavy atom. The zero-order chi connectivity index (χ0) is 13.4. The smallest absolute Gasteiger partial charge is 0.320 e. The molecule has 0 spiro atoms. The molecule has 0 heterocycles. The fraction of sp³-hybridized carbons (Fsp3) is 0.700. The van der Waals surface area contributed by atoms with Gasteiger partial charge in [-0.2, -0.15) is 0 Å². The van der Waals surface area contributed by atoms with Crippen LogP contribution < -0.4 is 0 Å². The highest BCUT2D eigenvalue weighted by molar-refractivity contribution is 5.79. The SMILES string of the molecule is CCC(C(=O)O)N(CC(=O)OC)CC(=O)OC. The van der Waals surface area contributed by atoms with E-state index in [9.17, 15) is 14.4 Å². The predicted molar refractivity (Wildman–Crippen MR) is 57.3 cm³/mol. The molecule has 0 radical (unpaired) electrons. The maximum absolute atomic E-state index is 11.1. The number of esters is 2. The molecule has 1 atom stereocenters. The third-order valence-electron chi connectivity index (χ3n) is 2.23. The Bertz CT molecular complexity index is 273. The topological polar surface area (TPSA) is 93.1 Å². The highest BCUT2D eigenvalue weighted by Crippen LogP contribution is 2.05. The molecule has 0 fully saturated rings. The Hall–Kier alpha value is -1.63. The number of nitrogens with zero attached hydrogens (tertiary/aromatic N) is 1. The van der Waals surface area contributed by atoms with Crippen molar-refractivity contribution in [3.8, 4) is 0 Å². The van der Waals surface area contributed by atoms with Gasteiger partial charge < -0.3 is 14.6 Å². The van der Waals surface area contributed by atoms with E-state index in [2.05, 4.69) is 9.47 Å². The van der Waals surface area contributed by atoms with Gasteiger partial charge in [-0.3, -0.25) is 19.3 Å². The van der Waals surface area contributed by atoms with Crippen molar-refractivity contribution in [2.75, 3.05) is 27.3 Å². The van der Waals surface area contributed by atoms with Gasteiger partial charge in [0.05, 0.1) is 27.3 Å². The number of carbonyl (C=O) groups excluding carboxylic acids is 2. The first-order valence-electron chi connectivity index (χ1n) is 5.06. The molecule has 0 saturated heterocycles. The summed E-state index contributed by atoms with van der Waals surface area (Å²) < 4.78 is 8.89. The molecule has 0 aromatic heterocycles. The highest BCUT2D eigenvalue weighted by Gasteiger charge is 2.28. The monoisotopic (exact) mass is 247 g/mol. The summed E-state index contributed by atoms with van der Waals surface area (Å²) in [6.45, 7) is 1.12. The molecule has 0 bridgehead atoms. The number of aliphatic carboxylic acids is 1. The second kappa shape index (κ2) is 7.61. The van der Waals surface area contributed by atoms with Crippen LogP contribution in [0.2, 0.25) is 0 Å². The van der Waals surface area contributed by atoms with E-state index in [4.69, 9.17) is 5.11 Å². The molecule has 0 aliphatic carbocycles. The lowest BCUT2D eigenvalue weighted by Gasteiger charge is -2.25. The van der Waals surface area contributed by atoms with E-state index in [-0.39, 0.29) is 19.5 Å². The Balaban J connectivity index is 4.74. The number of hydrogen-bond acceptors (Lipinski definition) is 6. The van der Waals surface area contributed by atoms with Crippen molar-refractivity contribution >= 4 is 17.9 Å². The van der Waals surface area contributed by atoms with Gasteiger partial charge in [-0.15, -0.1) is 0 Å². The summed E-state index contributed by atoms with van der Waals surface area (Å²) in [4.78, 5) is 34.4. The summed E-state index contributed by atoms with van der Waals surface area (Å²) in [6.07, 6.45) is 0.267. The van der Waals surface area contributed by atoms with Crippen molar-refractivity contribution in [2.45, 2.75) is 19.4 Å². The van der Waals surface area contributed by atoms with Gasteiger partial charge in [-0.25, -0.2) is 0 Å². The molecule has 0 rings (SSSR count). The van der Waals surface area contributed by atoms with Crippen molar-refractivity contribution in [3.63, 3.8) is 0 Å². The number of ether oxygens (including phenoxy) is 2. The van der Waals surface area contributed by atoms with Crippen LogP contribution >= 0.6 is 0 Å². The number of carbonyl (C=O) groups is 3. The van der Waals surface area contributed by atoms with Crippen molar-refractivity contribution in [1.29, 1.82) is 0 Å². The average Bonchev–Trinajstić information content (AvgIpc) is 2.28. The van der Waals surface area contributed by atoms with E-state index in [1.54, 1.807) is 6.92 Å². The van der Waals surface area contributed by atoms with Crippen LogP contribution in [-0.4, -0.2) is 61.3 Å². The summed E-state index contributed by atoms with van der Waals surface area (Å²) in [5.74, 6) is -2.30. The molecule has 98 valence electrons. The van der Waals surface area contributed by atoms with Gasteiger partial charge >= 0.3 is 17.9 Å². The van der Waals surface area contributed by atoms with Crippen LogP contribution in [0.25, 0.3) is 0 Å². The molecule has 0 aromatic rings. The minimum absolute atomic E-state index is 0.267. The third kappa shape index (κ3) is 5.30. The molecule has 0 saturated carbocycles. The van der Waals surface area contributed by atoms with Crippen LogP contribution in [0.4, 0.5) is 0 Å². The van der Waals surface area contributed by atoms with Gasteiger partial charge in [0.2, 0.25) is 0 Å². The minimum Gasteiger partial charge on any atom is -0.480 e. The van der Waals surface area contributed by atoms with Crippen LogP contribution in [0, 0.1) is 0 Å². The maximum Gasteiger partial charge on any atom is 0.320 e. The Labute approximate surface area is 99.3 Å². The highest BCUT2D eigenvalue weighted by atomic mass is 16.5. The lowest BCUT2D eigenvalue weighted by molar-refractivity contribution is -0.151. The Morgan fingerprint density at radius 3 is 1.76 bits per heavy atom. The van der Waals surface area contributed by atoms with Gasteiger partial charge in [-0.05, 0) is 6.42 Å². The van der Waals surface area contributed by atoms with Gasteiger partial charge in [0.15, 0.2) is 0 Å². The normalized spacial score (nSPS) is 12.0. The first-order chi connectivity index (χ1) is 7.96. The molecule has 1 unspecified atom stereocenters. The molecule has 0 aliphatic rings. The van der Waals surface area contributed by atoms with E-state index in [1.165, 1.54) is 19.1 Å². The van der Waals surface area contributed by atoms with Gasteiger partial charge in [-0.1, -0.05) is 6.92 Å². The molecular formula is C10H17NO6. The minimum atomic E-state index is -1.10. The largest absolute Gasteiger partial charge is 0.480 e. The summed E-state index contributed by atoms with van der Waals surface area (Å²) in [5.41, 5.74) is 0. The molecular weight excluding hydrogens is 230 g/mol. The van der Waals surface area contributed by atoms with Crippen LogP contribution in [0.1, 0.15) is 13.3 Å². The molecule has 17 heavy (non-hydrogen) atoms. The number of methoxy groups -OCH3 is 2. The van der Waals surface area contributed by atoms with E-state index in [0.717, 1.165) is 0 Å². The van der Waals surface area contributed by atoms with Gasteiger partial charge in [0.25, 0.3) is 0 Å². The third-order valence-corrected chi connectivity index (χ3v) is 2.23.